The van der Waals surface area contributed by atoms with Gasteiger partial charge >= 0.3 is 6.03 Å². The second-order valence-electron chi connectivity index (χ2n) is 2.43. The van der Waals surface area contributed by atoms with Crippen LogP contribution in [0, 0.1) is 0 Å². The summed E-state index contributed by atoms with van der Waals surface area (Å²) >= 11 is 0. The predicted molar refractivity (Wildman–Crippen MR) is 43.5 cm³/mol. The molecule has 2 amide bonds. The van der Waals surface area contributed by atoms with Crippen molar-refractivity contribution in [1.29, 1.82) is 0 Å². The lowest BCUT2D eigenvalue weighted by Crippen LogP contribution is -2.35. The lowest BCUT2D eigenvalue weighted by atomic mass is 10.5. The van der Waals surface area contributed by atoms with Crippen LogP contribution in [0.1, 0.15) is 13.8 Å². The van der Waals surface area contributed by atoms with Crippen LogP contribution in [0.15, 0.2) is 0 Å². The Hall–Kier alpha value is -0.770. The number of hydrogen-bond donors (Lipinski definition) is 2. The minimum absolute atomic E-state index is 0.169. The number of carbonyl (C=O) groups is 1. The minimum atomic E-state index is -0.169. The topological polar surface area (TPSA) is 50.4 Å². The molecule has 0 aromatic heterocycles. The maximum atomic E-state index is 10.6. The van der Waals surface area contributed by atoms with Gasteiger partial charge in [0.25, 0.3) is 0 Å². The number of urea groups is 1. The fourth-order valence-electron chi connectivity index (χ4n) is 0.548. The Morgan fingerprint density at radius 2 is 2.18 bits per heavy atom. The Morgan fingerprint density at radius 3 is 2.64 bits per heavy atom. The first-order chi connectivity index (χ1) is 5.16. The number of nitrogens with one attached hydrogen (secondary N) is 2. The summed E-state index contributed by atoms with van der Waals surface area (Å²) in [6, 6.07) is -0.169. The average molecular weight is 160 g/mol. The molecule has 0 saturated carbocycles. The summed E-state index contributed by atoms with van der Waals surface area (Å²) in [7, 11) is 1.58. The highest BCUT2D eigenvalue weighted by atomic mass is 16.5. The van der Waals surface area contributed by atoms with Gasteiger partial charge in [-0.2, -0.15) is 0 Å². The molecule has 0 saturated heterocycles. The molecule has 0 aromatic carbocycles. The Bertz CT molecular complexity index is 115. The van der Waals surface area contributed by atoms with E-state index in [1.807, 2.05) is 13.8 Å². The van der Waals surface area contributed by atoms with E-state index in [9.17, 15) is 4.79 Å². The molecule has 0 aliphatic heterocycles. The average Bonchev–Trinajstić information content (AvgIpc) is 1.97. The molecule has 0 spiro atoms. The molecule has 4 heteroatoms. The van der Waals surface area contributed by atoms with Gasteiger partial charge in [0.1, 0.15) is 0 Å². The van der Waals surface area contributed by atoms with Gasteiger partial charge in [0.2, 0.25) is 0 Å². The van der Waals surface area contributed by atoms with Crippen molar-refractivity contribution in [2.45, 2.75) is 20.0 Å². The number of carbonyl (C=O) groups excluding carboxylic acids is 1. The number of hydrogen-bond acceptors (Lipinski definition) is 2. The van der Waals surface area contributed by atoms with E-state index >= 15 is 0 Å². The van der Waals surface area contributed by atoms with Gasteiger partial charge in [-0.1, -0.05) is 0 Å². The first kappa shape index (κ1) is 10.2. The smallest absolute Gasteiger partial charge is 0.314 e. The standard InChI is InChI=1S/C7H16N2O2/c1-6(2)11-5-4-9-7(10)8-3/h6H,4-5H2,1-3H3,(H2,8,9,10). The molecule has 2 N–H and O–H groups in total. The molecule has 0 heterocycles. The Balaban J connectivity index is 3.08. The third kappa shape index (κ3) is 7.12. The number of rotatable bonds is 4. The van der Waals surface area contributed by atoms with Gasteiger partial charge in [-0.05, 0) is 13.8 Å². The third-order valence-corrected chi connectivity index (χ3v) is 1.07. The van der Waals surface area contributed by atoms with Crippen molar-refractivity contribution in [3.63, 3.8) is 0 Å². The molecule has 0 aliphatic carbocycles. The molecule has 4 nitrogen and oxygen atoms in total. The molecule has 0 rings (SSSR count). The van der Waals surface area contributed by atoms with Crippen molar-refractivity contribution in [3.8, 4) is 0 Å². The zero-order valence-corrected chi connectivity index (χ0v) is 7.31. The van der Waals surface area contributed by atoms with Crippen LogP contribution in [-0.2, 0) is 4.74 Å². The van der Waals surface area contributed by atoms with Crippen LogP contribution in [0.2, 0.25) is 0 Å². The van der Waals surface area contributed by atoms with Crippen molar-refractivity contribution in [2.75, 3.05) is 20.2 Å². The van der Waals surface area contributed by atoms with Gasteiger partial charge < -0.3 is 15.4 Å². The summed E-state index contributed by atoms with van der Waals surface area (Å²) in [5.41, 5.74) is 0. The normalized spacial score (nSPS) is 9.82. The highest BCUT2D eigenvalue weighted by molar-refractivity contribution is 5.73. The summed E-state index contributed by atoms with van der Waals surface area (Å²) in [5.74, 6) is 0. The first-order valence-electron chi connectivity index (χ1n) is 3.74. The predicted octanol–water partition coefficient (Wildman–Crippen LogP) is 0.340. The second kappa shape index (κ2) is 5.97. The van der Waals surface area contributed by atoms with Gasteiger partial charge in [-0.25, -0.2) is 4.79 Å². The molecule has 0 radical (unpaired) electrons. The molecule has 0 aromatic rings. The van der Waals surface area contributed by atoms with Crippen LogP contribution in [0.25, 0.3) is 0 Å². The molecule has 0 aliphatic rings. The maximum Gasteiger partial charge on any atom is 0.314 e. The SMILES string of the molecule is CNC(=O)NCCOC(C)C. The van der Waals surface area contributed by atoms with Crippen molar-refractivity contribution >= 4 is 6.03 Å². The fraction of sp³-hybridized carbons (Fsp3) is 0.857. The molecule has 11 heavy (non-hydrogen) atoms. The summed E-state index contributed by atoms with van der Waals surface area (Å²) < 4.78 is 5.19. The van der Waals surface area contributed by atoms with E-state index in [1.165, 1.54) is 0 Å². The van der Waals surface area contributed by atoms with Crippen molar-refractivity contribution in [1.82, 2.24) is 10.6 Å². The first-order valence-corrected chi connectivity index (χ1v) is 3.74. The molecule has 66 valence electrons. The zero-order chi connectivity index (χ0) is 8.69. The third-order valence-electron chi connectivity index (χ3n) is 1.07. The van der Waals surface area contributed by atoms with Gasteiger partial charge in [-0.3, -0.25) is 0 Å². The monoisotopic (exact) mass is 160 g/mol. The molecular weight excluding hydrogens is 144 g/mol. The fourth-order valence-corrected chi connectivity index (χ4v) is 0.548. The summed E-state index contributed by atoms with van der Waals surface area (Å²) in [5, 5.41) is 5.06. The Kier molecular flexibility index (Phi) is 5.56. The van der Waals surface area contributed by atoms with Crippen LogP contribution in [0.5, 0.6) is 0 Å². The van der Waals surface area contributed by atoms with E-state index in [4.69, 9.17) is 4.74 Å². The van der Waals surface area contributed by atoms with Crippen molar-refractivity contribution in [2.24, 2.45) is 0 Å². The number of ether oxygens (including phenoxy) is 1. The van der Waals surface area contributed by atoms with Crippen LogP contribution in [0.4, 0.5) is 4.79 Å². The molecular formula is C7H16N2O2. The minimum Gasteiger partial charge on any atom is -0.377 e. The summed E-state index contributed by atoms with van der Waals surface area (Å²) in [4.78, 5) is 10.6. The number of amides is 2. The van der Waals surface area contributed by atoms with Crippen LogP contribution >= 0.6 is 0 Å². The van der Waals surface area contributed by atoms with Gasteiger partial charge in [0.15, 0.2) is 0 Å². The van der Waals surface area contributed by atoms with Crippen molar-refractivity contribution in [3.05, 3.63) is 0 Å². The Morgan fingerprint density at radius 1 is 1.55 bits per heavy atom. The van der Waals surface area contributed by atoms with E-state index in [-0.39, 0.29) is 12.1 Å². The molecule has 0 atom stereocenters. The van der Waals surface area contributed by atoms with E-state index in [2.05, 4.69) is 10.6 Å². The lowest BCUT2D eigenvalue weighted by molar-refractivity contribution is 0.0818. The van der Waals surface area contributed by atoms with Crippen LogP contribution in [-0.4, -0.2) is 32.3 Å². The Labute approximate surface area is 67.3 Å². The largest absolute Gasteiger partial charge is 0.377 e. The highest BCUT2D eigenvalue weighted by Crippen LogP contribution is 1.84. The summed E-state index contributed by atoms with van der Waals surface area (Å²) in [6.07, 6.45) is 0.224. The van der Waals surface area contributed by atoms with E-state index in [1.54, 1.807) is 7.05 Å². The molecule has 0 bridgehead atoms. The van der Waals surface area contributed by atoms with Crippen molar-refractivity contribution < 1.29 is 9.53 Å². The van der Waals surface area contributed by atoms with Gasteiger partial charge in [0.05, 0.1) is 12.7 Å². The highest BCUT2D eigenvalue weighted by Gasteiger charge is 1.95. The second-order valence-corrected chi connectivity index (χ2v) is 2.43. The summed E-state index contributed by atoms with van der Waals surface area (Å²) in [6.45, 7) is 5.03. The van der Waals surface area contributed by atoms with E-state index in [0.29, 0.717) is 13.2 Å². The quantitative estimate of drug-likeness (QED) is 0.583. The van der Waals surface area contributed by atoms with Crippen LogP contribution in [0.3, 0.4) is 0 Å². The van der Waals surface area contributed by atoms with Gasteiger partial charge in [0, 0.05) is 13.6 Å². The van der Waals surface area contributed by atoms with E-state index < -0.39 is 0 Å². The van der Waals surface area contributed by atoms with Gasteiger partial charge in [-0.15, -0.1) is 0 Å². The zero-order valence-electron chi connectivity index (χ0n) is 7.31. The van der Waals surface area contributed by atoms with E-state index in [0.717, 1.165) is 0 Å². The lowest BCUT2D eigenvalue weighted by Gasteiger charge is -2.07. The molecule has 0 fully saturated rings. The maximum absolute atomic E-state index is 10.6. The van der Waals surface area contributed by atoms with Crippen LogP contribution < -0.4 is 10.6 Å². The molecule has 0 unspecified atom stereocenters.